The van der Waals surface area contributed by atoms with Gasteiger partial charge >= 0.3 is 12.1 Å². The maximum absolute atomic E-state index is 14.6. The van der Waals surface area contributed by atoms with Gasteiger partial charge in [0.25, 0.3) is 17.7 Å². The fourth-order valence-corrected chi connectivity index (χ4v) is 11.7. The molecule has 1 unspecified atom stereocenters. The molecule has 8 rings (SSSR count). The minimum Gasteiger partial charge on any atom is -0.493 e. The lowest BCUT2D eigenvalue weighted by molar-refractivity contribution is -0.271. The van der Waals surface area contributed by atoms with Crippen molar-refractivity contribution in [3.63, 3.8) is 0 Å². The maximum atomic E-state index is 14.6. The van der Waals surface area contributed by atoms with Gasteiger partial charge < -0.3 is 131 Å². The zero-order chi connectivity index (χ0) is 76.3. The summed E-state index contributed by atoms with van der Waals surface area (Å²) in [5, 5.41) is 56.2. The molecule has 0 radical (unpaired) electrons. The van der Waals surface area contributed by atoms with Gasteiger partial charge in [-0.05, 0) is 61.9 Å². The summed E-state index contributed by atoms with van der Waals surface area (Å²) in [5.74, 6) is 2.69. The second kappa shape index (κ2) is 45.9. The van der Waals surface area contributed by atoms with E-state index in [1.165, 1.54) is 49.5 Å². The first-order valence-electron chi connectivity index (χ1n) is 35.5. The molecule has 3 aromatic rings. The van der Waals surface area contributed by atoms with Gasteiger partial charge in [0, 0.05) is 38.0 Å². The number of carbonyl (C=O) groups is 5. The van der Waals surface area contributed by atoms with Crippen LogP contribution in [0, 0.1) is 0 Å². The van der Waals surface area contributed by atoms with Crippen LogP contribution in [0.5, 0.6) is 28.7 Å². The zero-order valence-electron chi connectivity index (χ0n) is 60.6. The highest BCUT2D eigenvalue weighted by Crippen LogP contribution is 2.43. The second-order valence-corrected chi connectivity index (χ2v) is 24.9. The van der Waals surface area contributed by atoms with Crippen molar-refractivity contribution in [3.8, 4) is 28.7 Å². The minimum atomic E-state index is -2.03. The number of rotatable bonds is 52. The number of fused-ring (bicyclic) bond motifs is 4. The molecule has 5 heterocycles. The van der Waals surface area contributed by atoms with Crippen LogP contribution in [0.1, 0.15) is 68.7 Å². The first kappa shape index (κ1) is 84.9. The van der Waals surface area contributed by atoms with E-state index in [-0.39, 0.29) is 104 Å². The largest absolute Gasteiger partial charge is 0.493 e. The number of carboxylic acid groups (broad SMARTS) is 1. The third-order valence-corrected chi connectivity index (χ3v) is 17.2. The molecule has 3 fully saturated rings. The average molecular weight is 1520 g/mol. The van der Waals surface area contributed by atoms with Crippen LogP contribution >= 0.6 is 0 Å². The number of nitrogens with two attached hydrogens (primary N) is 1. The standard InChI is InChI=1S/C72H102N6O29/c1-47-36-50-43-75-54-41-60(58(89-3)39-51(54)67(83)76(50)44-47)102-11-6-5-7-12-103-61-42-55-52(40-59(61)90-4)68(84)77-45-48(2)37-56(77)69(85)78(55)72(88)104-46-49-8-9-57(106-71-64(81)62(79)63(80)65(107-71)70(86)87)53(38-49)66(82)74-10-13-91-14-15-92-16-17-93-18-19-94-20-21-95-22-23-96-24-25-97-26-27-98-28-29-99-30-31-100-32-33-101-34-35-105-73/h8-9,38-43,50,56,62-65,69,71,79-81,85H,1-2,5-7,10-37,44-46,73H2,3-4H3,(H,74,82)(H,86,87)/t50-,56-,62-,63-,64+,65-,69?,71+/m0/s1. The van der Waals surface area contributed by atoms with E-state index in [1.54, 1.807) is 23.2 Å². The van der Waals surface area contributed by atoms with E-state index in [9.17, 15) is 49.5 Å². The normalized spacial score (nSPS) is 20.3. The number of aliphatic hydroxyl groups is 4. The van der Waals surface area contributed by atoms with Crippen molar-refractivity contribution in [1.82, 2.24) is 15.1 Å². The van der Waals surface area contributed by atoms with Crippen LogP contribution in [-0.4, -0.2) is 319 Å². The number of aliphatic hydroxyl groups excluding tert-OH is 4. The highest BCUT2D eigenvalue weighted by molar-refractivity contribution is 6.06. The molecule has 35 heteroatoms. The monoisotopic (exact) mass is 1510 g/mol. The van der Waals surface area contributed by atoms with E-state index in [0.717, 1.165) is 10.5 Å². The fourth-order valence-electron chi connectivity index (χ4n) is 11.7. The number of carboxylic acids is 1. The molecule has 5 aliphatic rings. The third-order valence-electron chi connectivity index (χ3n) is 17.2. The van der Waals surface area contributed by atoms with Crippen molar-refractivity contribution in [2.24, 2.45) is 10.9 Å². The third kappa shape index (κ3) is 26.0. The summed E-state index contributed by atoms with van der Waals surface area (Å²) in [4.78, 5) is 81.5. The summed E-state index contributed by atoms with van der Waals surface area (Å²) >= 11 is 0. The number of unbranched alkanes of at least 4 members (excludes halogenated alkanes) is 2. The molecule has 3 aromatic carbocycles. The molecule has 0 saturated carbocycles. The Morgan fingerprint density at radius 1 is 0.561 bits per heavy atom. The van der Waals surface area contributed by atoms with E-state index in [4.69, 9.17) is 91.2 Å². The summed E-state index contributed by atoms with van der Waals surface area (Å²) in [5.41, 5.74) is 2.40. The molecule has 0 aliphatic carbocycles. The van der Waals surface area contributed by atoms with Gasteiger partial charge in [-0.1, -0.05) is 30.4 Å². The quantitative estimate of drug-likeness (QED) is 0.0242. The number of carbonyl (C=O) groups excluding carboxylic acids is 4. The Balaban J connectivity index is 0.744. The second-order valence-electron chi connectivity index (χ2n) is 24.9. The Morgan fingerprint density at radius 2 is 1.05 bits per heavy atom. The van der Waals surface area contributed by atoms with Gasteiger partial charge in [0.15, 0.2) is 35.3 Å². The predicted octanol–water partition coefficient (Wildman–Crippen LogP) is 2.14. The van der Waals surface area contributed by atoms with Crippen molar-refractivity contribution < 1.29 is 140 Å². The molecular weight excluding hydrogens is 1410 g/mol. The molecule has 107 heavy (non-hydrogen) atoms. The van der Waals surface area contributed by atoms with E-state index in [1.807, 2.05) is 0 Å². The number of anilines is 1. The fraction of sp³-hybridized carbons (Fsp3) is 0.611. The number of aliphatic imine (C=N–C) groups is 1. The lowest BCUT2D eigenvalue weighted by Crippen LogP contribution is -2.61. The topological polar surface area (TPSA) is 422 Å². The van der Waals surface area contributed by atoms with Gasteiger partial charge in [-0.15, -0.1) is 0 Å². The van der Waals surface area contributed by atoms with E-state index >= 15 is 0 Å². The molecule has 594 valence electrons. The lowest BCUT2D eigenvalue weighted by atomic mass is 9.99. The van der Waals surface area contributed by atoms with Crippen LogP contribution in [0.15, 0.2) is 71.8 Å². The number of nitrogens with one attached hydrogen (secondary N) is 1. The smallest absolute Gasteiger partial charge is 0.416 e. The molecule has 4 amide bonds. The van der Waals surface area contributed by atoms with Crippen LogP contribution in [0.25, 0.3) is 0 Å². The zero-order valence-corrected chi connectivity index (χ0v) is 60.6. The molecule has 5 aliphatic heterocycles. The Labute approximate surface area is 620 Å². The Bertz CT molecular complexity index is 3350. The van der Waals surface area contributed by atoms with Crippen molar-refractivity contribution in [2.45, 2.75) is 87.7 Å². The van der Waals surface area contributed by atoms with Gasteiger partial charge in [-0.2, -0.15) is 0 Å². The van der Waals surface area contributed by atoms with Crippen molar-refractivity contribution >= 4 is 47.4 Å². The summed E-state index contributed by atoms with van der Waals surface area (Å²) in [6.07, 6.45) is -8.39. The first-order chi connectivity index (χ1) is 52.0. The average Bonchev–Trinajstić information content (AvgIpc) is 1.64. The Morgan fingerprint density at radius 3 is 1.57 bits per heavy atom. The molecular formula is C72H102N6O29. The highest BCUT2D eigenvalue weighted by atomic mass is 16.7. The number of hydrogen-bond donors (Lipinski definition) is 7. The van der Waals surface area contributed by atoms with Gasteiger partial charge in [-0.3, -0.25) is 19.4 Å². The van der Waals surface area contributed by atoms with Crippen molar-refractivity contribution in [1.29, 1.82) is 0 Å². The Kier molecular flexibility index (Phi) is 36.4. The van der Waals surface area contributed by atoms with E-state index in [2.05, 4.69) is 28.3 Å². The van der Waals surface area contributed by atoms with Gasteiger partial charge in [-0.25, -0.2) is 20.4 Å². The van der Waals surface area contributed by atoms with E-state index in [0.29, 0.717) is 193 Å². The van der Waals surface area contributed by atoms with E-state index < -0.39 is 73.5 Å². The van der Waals surface area contributed by atoms with Crippen LogP contribution in [0.3, 0.4) is 0 Å². The summed E-state index contributed by atoms with van der Waals surface area (Å²) in [6.45, 7) is 17.1. The number of aliphatic carboxylic acids is 1. The number of amides is 4. The van der Waals surface area contributed by atoms with Crippen LogP contribution < -0.4 is 39.8 Å². The number of methoxy groups -OCH3 is 2. The summed E-state index contributed by atoms with van der Waals surface area (Å²) in [7, 11) is 2.90. The predicted molar refractivity (Wildman–Crippen MR) is 378 cm³/mol. The summed E-state index contributed by atoms with van der Waals surface area (Å²) in [6, 6.07) is 9.03. The van der Waals surface area contributed by atoms with Crippen molar-refractivity contribution in [3.05, 3.63) is 89.0 Å². The lowest BCUT2D eigenvalue weighted by Gasteiger charge is -2.38. The minimum absolute atomic E-state index is 0.00633. The van der Waals surface area contributed by atoms with Gasteiger partial charge in [0.05, 0.1) is 220 Å². The highest BCUT2D eigenvalue weighted by Gasteiger charge is 2.49. The molecule has 35 nitrogen and oxygen atoms in total. The molecule has 8 atom stereocenters. The number of benzene rings is 3. The molecule has 0 aromatic heterocycles. The SMILES string of the molecule is C=C1C[C@H]2C=Nc3cc(OCCCCCOc4cc5c(cc4OC)C(=O)N4CC(=C)C[C@H]4C(O)N5C(=O)OCc4ccc(O[C@@H]5O[C@H](C(=O)O)[C@@H](O)[C@H](O)[C@H]5O)c(C(=O)NCCOCCOCCOCCOCCOCCOCCOCCOCCOCCOCCOCCON)c4)c(OC)cc3C(=O)N2C1. The molecule has 0 spiro atoms. The van der Waals surface area contributed by atoms with Gasteiger partial charge in [0.2, 0.25) is 6.29 Å². The molecule has 0 bridgehead atoms. The molecule has 8 N–H and O–H groups in total. The number of nitrogens with zero attached hydrogens (tertiary/aromatic N) is 4. The first-order valence-corrected chi connectivity index (χ1v) is 35.5. The van der Waals surface area contributed by atoms with Crippen LogP contribution in [-0.2, 0) is 77.8 Å². The van der Waals surface area contributed by atoms with Gasteiger partial charge in [0.1, 0.15) is 30.7 Å². The molecule has 3 saturated heterocycles. The van der Waals surface area contributed by atoms with Crippen LogP contribution in [0.4, 0.5) is 16.2 Å². The summed E-state index contributed by atoms with van der Waals surface area (Å²) < 4.78 is 101. The Hall–Kier alpha value is -7.76. The number of hydrogen-bond acceptors (Lipinski definition) is 30. The maximum Gasteiger partial charge on any atom is 0.416 e. The van der Waals surface area contributed by atoms with Crippen molar-refractivity contribution in [2.75, 3.05) is 204 Å². The number of ether oxygens (including phenoxy) is 18. The van der Waals surface area contributed by atoms with Crippen LogP contribution in [0.2, 0.25) is 0 Å².